The molecule has 3 heterocycles. The summed E-state index contributed by atoms with van der Waals surface area (Å²) in [7, 11) is 4.62. The number of amides is 1. The summed E-state index contributed by atoms with van der Waals surface area (Å²) >= 11 is 0. The minimum absolute atomic E-state index is 0.0669. The van der Waals surface area contributed by atoms with E-state index in [1.54, 1.807) is 33.5 Å². The smallest absolute Gasteiger partial charge is 0.254 e. The number of rotatable bonds is 5. The molecule has 0 saturated carbocycles. The lowest BCUT2D eigenvalue weighted by Gasteiger charge is -2.32. The summed E-state index contributed by atoms with van der Waals surface area (Å²) in [4.78, 5) is 15.1. The van der Waals surface area contributed by atoms with E-state index in [-0.39, 0.29) is 11.8 Å². The van der Waals surface area contributed by atoms with E-state index < -0.39 is 0 Å². The van der Waals surface area contributed by atoms with Gasteiger partial charge >= 0.3 is 0 Å². The Morgan fingerprint density at radius 2 is 1.83 bits per heavy atom. The molecule has 2 aromatic heterocycles. The van der Waals surface area contributed by atoms with Gasteiger partial charge in [-0.2, -0.15) is 0 Å². The number of hydrogen-bond donors (Lipinski definition) is 0. The van der Waals surface area contributed by atoms with E-state index in [1.165, 1.54) is 0 Å². The summed E-state index contributed by atoms with van der Waals surface area (Å²) in [5.41, 5.74) is 1.32. The van der Waals surface area contributed by atoms with Crippen molar-refractivity contribution in [1.29, 1.82) is 0 Å². The van der Waals surface area contributed by atoms with Gasteiger partial charge in [0.05, 0.1) is 21.3 Å². The maximum absolute atomic E-state index is 13.2. The van der Waals surface area contributed by atoms with Gasteiger partial charge < -0.3 is 19.1 Å². The van der Waals surface area contributed by atoms with Gasteiger partial charge in [-0.25, -0.2) is 0 Å². The molecular formula is C21H24N4O4. The molecule has 1 aromatic carbocycles. The summed E-state index contributed by atoms with van der Waals surface area (Å²) in [5, 5.41) is 8.63. The van der Waals surface area contributed by atoms with Crippen molar-refractivity contribution in [3.63, 3.8) is 0 Å². The van der Waals surface area contributed by atoms with Crippen LogP contribution in [0.25, 0.3) is 5.65 Å². The van der Waals surface area contributed by atoms with E-state index in [9.17, 15) is 4.79 Å². The first-order valence-electron chi connectivity index (χ1n) is 9.55. The van der Waals surface area contributed by atoms with Crippen LogP contribution < -0.4 is 14.2 Å². The van der Waals surface area contributed by atoms with Gasteiger partial charge in [0.2, 0.25) is 5.75 Å². The number of fused-ring (bicyclic) bond motifs is 1. The van der Waals surface area contributed by atoms with Gasteiger partial charge in [0.25, 0.3) is 5.91 Å². The minimum Gasteiger partial charge on any atom is -0.493 e. The van der Waals surface area contributed by atoms with Gasteiger partial charge in [-0.3, -0.25) is 9.20 Å². The average Bonchev–Trinajstić information content (AvgIpc) is 3.21. The zero-order valence-corrected chi connectivity index (χ0v) is 16.8. The molecule has 1 aliphatic heterocycles. The van der Waals surface area contributed by atoms with Crippen LogP contribution >= 0.6 is 0 Å². The van der Waals surface area contributed by atoms with Crippen molar-refractivity contribution in [3.8, 4) is 17.2 Å². The van der Waals surface area contributed by atoms with Crippen molar-refractivity contribution in [2.45, 2.75) is 18.8 Å². The standard InChI is InChI=1S/C21H24N4O4/c1-27-16-11-15(12-17(28-2)19(16)29-3)21(26)24-9-6-7-14(13-24)20-23-22-18-8-4-5-10-25(18)20/h4-5,8,10-12,14H,6-7,9,13H2,1-3H3/t14-/m1/s1. The van der Waals surface area contributed by atoms with Crippen LogP contribution in [-0.2, 0) is 0 Å². The molecule has 0 bridgehead atoms. The highest BCUT2D eigenvalue weighted by Crippen LogP contribution is 2.39. The van der Waals surface area contributed by atoms with Gasteiger partial charge in [0.1, 0.15) is 5.82 Å². The predicted octanol–water partition coefficient (Wildman–Crippen LogP) is 2.77. The normalized spacial score (nSPS) is 16.7. The fourth-order valence-corrected chi connectivity index (χ4v) is 3.90. The Kier molecular flexibility index (Phi) is 5.24. The zero-order valence-electron chi connectivity index (χ0n) is 16.8. The van der Waals surface area contributed by atoms with Crippen molar-refractivity contribution in [3.05, 3.63) is 47.9 Å². The van der Waals surface area contributed by atoms with Crippen molar-refractivity contribution < 1.29 is 19.0 Å². The number of methoxy groups -OCH3 is 3. The molecule has 0 N–H and O–H groups in total. The fraction of sp³-hybridized carbons (Fsp3) is 0.381. The van der Waals surface area contributed by atoms with Gasteiger partial charge in [-0.15, -0.1) is 10.2 Å². The summed E-state index contributed by atoms with van der Waals surface area (Å²) in [5.74, 6) is 2.36. The molecule has 8 nitrogen and oxygen atoms in total. The fourth-order valence-electron chi connectivity index (χ4n) is 3.90. The zero-order chi connectivity index (χ0) is 20.4. The molecule has 0 unspecified atom stereocenters. The molecule has 4 rings (SSSR count). The first kappa shape index (κ1) is 19.0. The topological polar surface area (TPSA) is 78.2 Å². The largest absolute Gasteiger partial charge is 0.493 e. The molecule has 3 aromatic rings. The van der Waals surface area contributed by atoms with Crippen LogP contribution in [0, 0.1) is 0 Å². The second-order valence-electron chi connectivity index (χ2n) is 6.99. The molecule has 8 heteroatoms. The number of piperidine rings is 1. The highest BCUT2D eigenvalue weighted by Gasteiger charge is 2.29. The molecule has 0 aliphatic carbocycles. The molecule has 1 amide bonds. The number of pyridine rings is 1. The number of ether oxygens (including phenoxy) is 3. The van der Waals surface area contributed by atoms with Crippen LogP contribution in [0.3, 0.4) is 0 Å². The number of hydrogen-bond acceptors (Lipinski definition) is 6. The highest BCUT2D eigenvalue weighted by molar-refractivity contribution is 5.95. The predicted molar refractivity (Wildman–Crippen MR) is 107 cm³/mol. The molecule has 0 spiro atoms. The van der Waals surface area contributed by atoms with Crippen LogP contribution in [0.4, 0.5) is 0 Å². The van der Waals surface area contributed by atoms with E-state index in [2.05, 4.69) is 10.2 Å². The monoisotopic (exact) mass is 396 g/mol. The second-order valence-corrected chi connectivity index (χ2v) is 6.99. The molecule has 0 radical (unpaired) electrons. The number of nitrogens with zero attached hydrogens (tertiary/aromatic N) is 4. The number of benzene rings is 1. The van der Waals surface area contributed by atoms with Crippen LogP contribution in [0.1, 0.15) is 34.9 Å². The Hall–Kier alpha value is -3.29. The summed E-state index contributed by atoms with van der Waals surface area (Å²) in [6.45, 7) is 1.29. The molecule has 1 fully saturated rings. The number of likely N-dealkylation sites (tertiary alicyclic amines) is 1. The molecule has 1 saturated heterocycles. The first-order chi connectivity index (χ1) is 14.2. The minimum atomic E-state index is -0.0669. The van der Waals surface area contributed by atoms with Crippen molar-refractivity contribution in [2.75, 3.05) is 34.4 Å². The van der Waals surface area contributed by atoms with Crippen molar-refractivity contribution >= 4 is 11.6 Å². The quantitative estimate of drug-likeness (QED) is 0.660. The van der Waals surface area contributed by atoms with Gasteiger partial charge in [0.15, 0.2) is 17.1 Å². The lowest BCUT2D eigenvalue weighted by atomic mass is 9.96. The van der Waals surface area contributed by atoms with Gasteiger partial charge in [-0.05, 0) is 37.1 Å². The molecular weight excluding hydrogens is 372 g/mol. The molecule has 152 valence electrons. The van der Waals surface area contributed by atoms with Crippen LogP contribution in [-0.4, -0.2) is 59.8 Å². The van der Waals surface area contributed by atoms with E-state index in [1.807, 2.05) is 33.7 Å². The third kappa shape index (κ3) is 3.46. The van der Waals surface area contributed by atoms with E-state index in [4.69, 9.17) is 14.2 Å². The van der Waals surface area contributed by atoms with Gasteiger partial charge in [0, 0.05) is 30.8 Å². The Balaban J connectivity index is 1.61. The van der Waals surface area contributed by atoms with Crippen LogP contribution in [0.15, 0.2) is 36.5 Å². The number of aromatic nitrogens is 3. The van der Waals surface area contributed by atoms with Gasteiger partial charge in [-0.1, -0.05) is 6.07 Å². The molecule has 1 atom stereocenters. The molecule has 29 heavy (non-hydrogen) atoms. The Bertz CT molecular complexity index is 1010. The summed E-state index contributed by atoms with van der Waals surface area (Å²) in [6.07, 6.45) is 3.84. The summed E-state index contributed by atoms with van der Waals surface area (Å²) in [6, 6.07) is 9.22. The number of carbonyl (C=O) groups excluding carboxylic acids is 1. The van der Waals surface area contributed by atoms with Crippen molar-refractivity contribution in [1.82, 2.24) is 19.5 Å². The summed E-state index contributed by atoms with van der Waals surface area (Å²) < 4.78 is 18.1. The third-order valence-corrected chi connectivity index (χ3v) is 5.33. The number of carbonyl (C=O) groups is 1. The molecule has 1 aliphatic rings. The van der Waals surface area contributed by atoms with Crippen molar-refractivity contribution in [2.24, 2.45) is 0 Å². The maximum Gasteiger partial charge on any atom is 0.254 e. The lowest BCUT2D eigenvalue weighted by molar-refractivity contribution is 0.0703. The second kappa shape index (κ2) is 7.98. The Labute approximate surface area is 169 Å². The Morgan fingerprint density at radius 1 is 1.07 bits per heavy atom. The van der Waals surface area contributed by atoms with Crippen LogP contribution in [0.5, 0.6) is 17.2 Å². The third-order valence-electron chi connectivity index (χ3n) is 5.33. The SMILES string of the molecule is COc1cc(C(=O)N2CCC[C@@H](c3nnc4ccccn34)C2)cc(OC)c1OC. The maximum atomic E-state index is 13.2. The lowest BCUT2D eigenvalue weighted by Crippen LogP contribution is -2.39. The average molecular weight is 396 g/mol. The first-order valence-corrected chi connectivity index (χ1v) is 9.55. The van der Waals surface area contributed by atoms with E-state index >= 15 is 0 Å². The van der Waals surface area contributed by atoms with Crippen LogP contribution in [0.2, 0.25) is 0 Å². The highest BCUT2D eigenvalue weighted by atomic mass is 16.5. The Morgan fingerprint density at radius 3 is 2.52 bits per heavy atom. The van der Waals surface area contributed by atoms with E-state index in [0.717, 1.165) is 24.3 Å². The van der Waals surface area contributed by atoms with E-state index in [0.29, 0.717) is 35.9 Å².